The number of rotatable bonds is 7. The quantitative estimate of drug-likeness (QED) is 0.851. The van der Waals surface area contributed by atoms with Crippen molar-refractivity contribution in [1.82, 2.24) is 15.5 Å². The van der Waals surface area contributed by atoms with E-state index in [2.05, 4.69) is 20.2 Å². The molecule has 0 amide bonds. The number of hydrogen-bond acceptors (Lipinski definition) is 5. The maximum atomic E-state index is 12.2. The van der Waals surface area contributed by atoms with Crippen molar-refractivity contribution in [2.45, 2.75) is 32.9 Å². The number of halogens is 2. The van der Waals surface area contributed by atoms with Gasteiger partial charge in [0.1, 0.15) is 5.75 Å². The third-order valence-electron chi connectivity index (χ3n) is 2.95. The number of nitrogens with zero attached hydrogens (tertiary/aromatic N) is 2. The zero-order chi connectivity index (χ0) is 15.2. The third-order valence-corrected chi connectivity index (χ3v) is 2.95. The Hall–Kier alpha value is -2.02. The van der Waals surface area contributed by atoms with E-state index in [0.717, 1.165) is 5.56 Å². The number of nitrogens with one attached hydrogen (secondary N) is 1. The molecule has 1 aromatic heterocycles. The van der Waals surface area contributed by atoms with Gasteiger partial charge in [-0.15, -0.1) is 0 Å². The molecule has 21 heavy (non-hydrogen) atoms. The predicted octanol–water partition coefficient (Wildman–Crippen LogP) is 2.87. The standard InChI is InChI=1S/C14H17F2N3O2/c1-9(17-7-6-13-18-10(2)21-19-13)11-4-3-5-12(8-11)20-14(15)16/h3-5,8-9,14,17H,6-7H2,1-2H3. The highest BCUT2D eigenvalue weighted by Gasteiger charge is 2.09. The van der Waals surface area contributed by atoms with Gasteiger partial charge in [0.2, 0.25) is 5.89 Å². The summed E-state index contributed by atoms with van der Waals surface area (Å²) in [6.07, 6.45) is 0.634. The van der Waals surface area contributed by atoms with E-state index < -0.39 is 6.61 Å². The minimum Gasteiger partial charge on any atom is -0.435 e. The molecular formula is C14H17F2N3O2. The Balaban J connectivity index is 1.86. The zero-order valence-electron chi connectivity index (χ0n) is 11.8. The van der Waals surface area contributed by atoms with Crippen LogP contribution in [-0.2, 0) is 6.42 Å². The molecule has 0 radical (unpaired) electrons. The first-order chi connectivity index (χ1) is 10.0. The average Bonchev–Trinajstić information content (AvgIpc) is 2.84. The Bertz CT molecular complexity index is 575. The van der Waals surface area contributed by atoms with Gasteiger partial charge in [-0.3, -0.25) is 0 Å². The van der Waals surface area contributed by atoms with E-state index in [1.165, 1.54) is 6.07 Å². The van der Waals surface area contributed by atoms with Gasteiger partial charge in [-0.25, -0.2) is 0 Å². The molecule has 1 unspecified atom stereocenters. The fourth-order valence-electron chi connectivity index (χ4n) is 1.92. The number of aromatic nitrogens is 2. The van der Waals surface area contributed by atoms with Gasteiger partial charge in [0.25, 0.3) is 0 Å². The first kappa shape index (κ1) is 15.4. The minimum absolute atomic E-state index is 0.000722. The number of aryl methyl sites for hydroxylation is 1. The molecule has 0 bridgehead atoms. The summed E-state index contributed by atoms with van der Waals surface area (Å²) in [5, 5.41) is 7.08. The molecule has 0 aliphatic carbocycles. The van der Waals surface area contributed by atoms with Crippen LogP contribution in [0.1, 0.15) is 30.2 Å². The van der Waals surface area contributed by atoms with E-state index in [1.807, 2.05) is 13.0 Å². The smallest absolute Gasteiger partial charge is 0.387 e. The van der Waals surface area contributed by atoms with Gasteiger partial charge in [-0.2, -0.15) is 13.8 Å². The fraction of sp³-hybridized carbons (Fsp3) is 0.429. The molecule has 5 nitrogen and oxygen atoms in total. The van der Waals surface area contributed by atoms with Crippen LogP contribution in [0.3, 0.4) is 0 Å². The van der Waals surface area contributed by atoms with Crippen molar-refractivity contribution in [1.29, 1.82) is 0 Å². The Kier molecular flexibility index (Phi) is 5.21. The molecule has 0 fully saturated rings. The van der Waals surface area contributed by atoms with E-state index >= 15 is 0 Å². The molecule has 0 spiro atoms. The summed E-state index contributed by atoms with van der Waals surface area (Å²) in [7, 11) is 0. The number of hydrogen-bond donors (Lipinski definition) is 1. The summed E-state index contributed by atoms with van der Waals surface area (Å²) >= 11 is 0. The van der Waals surface area contributed by atoms with Gasteiger partial charge in [-0.1, -0.05) is 17.3 Å². The van der Waals surface area contributed by atoms with E-state index in [-0.39, 0.29) is 11.8 Å². The first-order valence-corrected chi connectivity index (χ1v) is 6.62. The SMILES string of the molecule is Cc1nc(CCNC(C)c2cccc(OC(F)F)c2)no1. The summed E-state index contributed by atoms with van der Waals surface area (Å²) in [5.41, 5.74) is 0.873. The Morgan fingerprint density at radius 2 is 2.19 bits per heavy atom. The van der Waals surface area contributed by atoms with E-state index in [9.17, 15) is 8.78 Å². The lowest BCUT2D eigenvalue weighted by Gasteiger charge is -2.15. The van der Waals surface area contributed by atoms with Gasteiger partial charge in [-0.05, 0) is 24.6 Å². The van der Waals surface area contributed by atoms with Crippen molar-refractivity contribution >= 4 is 0 Å². The minimum atomic E-state index is -2.81. The summed E-state index contributed by atoms with van der Waals surface area (Å²) in [5.74, 6) is 1.34. The maximum Gasteiger partial charge on any atom is 0.387 e. The molecule has 2 rings (SSSR count). The molecule has 1 heterocycles. The molecule has 1 atom stereocenters. The van der Waals surface area contributed by atoms with Crippen LogP contribution in [0.4, 0.5) is 8.78 Å². The fourth-order valence-corrected chi connectivity index (χ4v) is 1.92. The summed E-state index contributed by atoms with van der Waals surface area (Å²) in [4.78, 5) is 4.11. The molecular weight excluding hydrogens is 280 g/mol. The molecule has 1 N–H and O–H groups in total. The lowest BCUT2D eigenvalue weighted by molar-refractivity contribution is -0.0499. The van der Waals surface area contributed by atoms with E-state index in [4.69, 9.17) is 4.52 Å². The largest absolute Gasteiger partial charge is 0.435 e. The molecule has 2 aromatic rings. The second kappa shape index (κ2) is 7.12. The number of benzene rings is 1. The third kappa shape index (κ3) is 4.78. The first-order valence-electron chi connectivity index (χ1n) is 6.62. The summed E-state index contributed by atoms with van der Waals surface area (Å²) < 4.78 is 33.6. The lowest BCUT2D eigenvalue weighted by atomic mass is 10.1. The normalized spacial score (nSPS) is 12.6. The van der Waals surface area contributed by atoms with Crippen LogP contribution < -0.4 is 10.1 Å². The van der Waals surface area contributed by atoms with Crippen LogP contribution in [0.15, 0.2) is 28.8 Å². The van der Waals surface area contributed by atoms with Gasteiger partial charge in [0.05, 0.1) is 0 Å². The molecule has 0 aliphatic rings. The van der Waals surface area contributed by atoms with Crippen LogP contribution in [0.5, 0.6) is 5.75 Å². The van der Waals surface area contributed by atoms with Gasteiger partial charge < -0.3 is 14.6 Å². The molecule has 0 saturated carbocycles. The second-order valence-electron chi connectivity index (χ2n) is 4.61. The van der Waals surface area contributed by atoms with E-state index in [0.29, 0.717) is 24.7 Å². The van der Waals surface area contributed by atoms with Gasteiger partial charge >= 0.3 is 6.61 Å². The zero-order valence-corrected chi connectivity index (χ0v) is 11.8. The maximum absolute atomic E-state index is 12.2. The van der Waals surface area contributed by atoms with Crippen molar-refractivity contribution in [3.05, 3.63) is 41.5 Å². The Morgan fingerprint density at radius 1 is 1.38 bits per heavy atom. The van der Waals surface area contributed by atoms with Crippen molar-refractivity contribution in [3.8, 4) is 5.75 Å². The molecule has 7 heteroatoms. The van der Waals surface area contributed by atoms with E-state index in [1.54, 1.807) is 19.1 Å². The van der Waals surface area contributed by atoms with Crippen LogP contribution in [0.25, 0.3) is 0 Å². The van der Waals surface area contributed by atoms with Crippen molar-refractivity contribution < 1.29 is 18.0 Å². The molecule has 0 saturated heterocycles. The average molecular weight is 297 g/mol. The second-order valence-corrected chi connectivity index (χ2v) is 4.61. The lowest BCUT2D eigenvalue weighted by Crippen LogP contribution is -2.21. The van der Waals surface area contributed by atoms with Gasteiger partial charge in [0.15, 0.2) is 5.82 Å². The topological polar surface area (TPSA) is 60.2 Å². The van der Waals surface area contributed by atoms with Crippen LogP contribution in [0, 0.1) is 6.92 Å². The van der Waals surface area contributed by atoms with Crippen LogP contribution >= 0.6 is 0 Å². The van der Waals surface area contributed by atoms with Crippen molar-refractivity contribution in [2.24, 2.45) is 0 Å². The highest BCUT2D eigenvalue weighted by Crippen LogP contribution is 2.20. The Morgan fingerprint density at radius 3 is 2.86 bits per heavy atom. The van der Waals surface area contributed by atoms with Gasteiger partial charge in [0, 0.05) is 25.9 Å². The Labute approximate surface area is 121 Å². The number of ether oxygens (including phenoxy) is 1. The highest BCUT2D eigenvalue weighted by atomic mass is 19.3. The summed E-state index contributed by atoms with van der Waals surface area (Å²) in [6, 6.07) is 6.65. The van der Waals surface area contributed by atoms with Crippen LogP contribution in [-0.4, -0.2) is 23.3 Å². The highest BCUT2D eigenvalue weighted by molar-refractivity contribution is 5.30. The van der Waals surface area contributed by atoms with Crippen molar-refractivity contribution in [2.75, 3.05) is 6.54 Å². The molecule has 1 aromatic carbocycles. The van der Waals surface area contributed by atoms with Crippen molar-refractivity contribution in [3.63, 3.8) is 0 Å². The molecule has 114 valence electrons. The number of alkyl halides is 2. The summed E-state index contributed by atoms with van der Waals surface area (Å²) in [6.45, 7) is 1.52. The molecule has 0 aliphatic heterocycles. The van der Waals surface area contributed by atoms with Crippen LogP contribution in [0.2, 0.25) is 0 Å². The predicted molar refractivity (Wildman–Crippen MR) is 72.2 cm³/mol. The monoisotopic (exact) mass is 297 g/mol.